The Labute approximate surface area is 195 Å². The summed E-state index contributed by atoms with van der Waals surface area (Å²) in [4.78, 5) is 21.8. The molecule has 5 rings (SSSR count). The van der Waals surface area contributed by atoms with Gasteiger partial charge in [0, 0.05) is 43.7 Å². The molecule has 0 atom stereocenters. The zero-order valence-corrected chi connectivity index (χ0v) is 19.4. The van der Waals surface area contributed by atoms with Gasteiger partial charge in [-0.15, -0.1) is 11.8 Å². The fraction of sp³-hybridized carbons (Fsp3) is 0.458. The monoisotopic (exact) mass is 470 g/mol. The molecule has 33 heavy (non-hydrogen) atoms. The van der Waals surface area contributed by atoms with E-state index in [9.17, 15) is 9.18 Å². The van der Waals surface area contributed by atoms with Gasteiger partial charge < -0.3 is 19.4 Å². The van der Waals surface area contributed by atoms with Crippen LogP contribution in [0.3, 0.4) is 0 Å². The van der Waals surface area contributed by atoms with E-state index in [0.29, 0.717) is 29.6 Å². The largest absolute Gasteiger partial charge is 0.491 e. The number of thioether (sulfide) groups is 1. The quantitative estimate of drug-likeness (QED) is 0.589. The second-order valence-electron chi connectivity index (χ2n) is 8.63. The van der Waals surface area contributed by atoms with Gasteiger partial charge in [-0.05, 0) is 37.7 Å². The van der Waals surface area contributed by atoms with E-state index in [1.165, 1.54) is 10.6 Å². The van der Waals surface area contributed by atoms with Gasteiger partial charge in [-0.25, -0.2) is 4.39 Å². The lowest BCUT2D eigenvalue weighted by molar-refractivity contribution is 0.187. The number of rotatable bonds is 6. The van der Waals surface area contributed by atoms with Crippen molar-refractivity contribution in [2.45, 2.75) is 43.2 Å². The molecule has 0 unspecified atom stereocenters. The molecule has 1 aliphatic heterocycles. The number of nitrogens with zero attached hydrogens (tertiary/aromatic N) is 3. The van der Waals surface area contributed by atoms with Gasteiger partial charge in [0.25, 0.3) is 5.56 Å². The number of ether oxygens (including phenoxy) is 2. The summed E-state index contributed by atoms with van der Waals surface area (Å²) < 4.78 is 27.5. The molecule has 4 heterocycles. The zero-order valence-electron chi connectivity index (χ0n) is 18.6. The lowest BCUT2D eigenvalue weighted by Gasteiger charge is -2.29. The van der Waals surface area contributed by atoms with Crippen molar-refractivity contribution in [1.29, 1.82) is 0 Å². The van der Waals surface area contributed by atoms with Gasteiger partial charge in [0.2, 0.25) is 0 Å². The number of aryl methyl sites for hydroxylation is 1. The number of halogens is 1. The third-order valence-electron chi connectivity index (χ3n) is 6.41. The highest BCUT2D eigenvalue weighted by atomic mass is 32.2. The van der Waals surface area contributed by atoms with E-state index < -0.39 is 5.82 Å². The second-order valence-corrected chi connectivity index (χ2v) is 9.77. The van der Waals surface area contributed by atoms with Crippen molar-refractivity contribution in [3.05, 3.63) is 52.5 Å². The van der Waals surface area contributed by atoms with Crippen LogP contribution < -0.4 is 20.3 Å². The third-order valence-corrected chi connectivity index (χ3v) is 7.40. The molecular formula is C24H27FN4O3S. The Morgan fingerprint density at radius 1 is 1.24 bits per heavy atom. The number of nitrogens with one attached hydrogen (secondary N) is 1. The molecule has 0 saturated heterocycles. The summed E-state index contributed by atoms with van der Waals surface area (Å²) in [5.74, 6) is 1.82. The van der Waals surface area contributed by atoms with Crippen LogP contribution in [0.1, 0.15) is 31.4 Å². The fourth-order valence-corrected chi connectivity index (χ4v) is 5.27. The van der Waals surface area contributed by atoms with Crippen LogP contribution in [0.25, 0.3) is 11.0 Å². The first-order valence-electron chi connectivity index (χ1n) is 11.3. The summed E-state index contributed by atoms with van der Waals surface area (Å²) in [5.41, 5.74) is 1.72. The minimum Gasteiger partial charge on any atom is -0.491 e. The molecule has 0 aromatic carbocycles. The van der Waals surface area contributed by atoms with Crippen LogP contribution in [0.4, 0.5) is 4.39 Å². The van der Waals surface area contributed by atoms with E-state index >= 15 is 0 Å². The highest BCUT2D eigenvalue weighted by molar-refractivity contribution is 7.99. The minimum absolute atomic E-state index is 0.110. The smallest absolute Gasteiger partial charge is 0.250 e. The molecular weight excluding hydrogens is 443 g/mol. The summed E-state index contributed by atoms with van der Waals surface area (Å²) in [6.45, 7) is 1.89. The molecule has 2 aliphatic rings. The van der Waals surface area contributed by atoms with Crippen molar-refractivity contribution in [1.82, 2.24) is 19.9 Å². The normalized spacial score (nSPS) is 20.3. The first-order valence-corrected chi connectivity index (χ1v) is 12.3. The number of fused-ring (bicyclic) bond motifs is 2. The Kier molecular flexibility index (Phi) is 6.50. The van der Waals surface area contributed by atoms with E-state index in [-0.39, 0.29) is 11.3 Å². The standard InChI is InChI=1S/C24H27FN4O3S/c1-29-22(30)7-6-19-23(29)24(18(25)12-28-19)32-14-15-2-4-16(5-3-15)26-11-17-10-20-21(13-27-17)33-9-8-31-20/h6-7,10,12-13,15-16,26H,2-5,8-9,11,14H2,1H3. The summed E-state index contributed by atoms with van der Waals surface area (Å²) in [6, 6.07) is 5.49. The SMILES string of the molecule is Cn1c(=O)ccc2ncc(F)c(OCC3CCC(NCc4cc5c(cn4)SCCO5)CC3)c21. The number of pyridine rings is 3. The molecule has 0 spiro atoms. The molecule has 3 aromatic rings. The van der Waals surface area contributed by atoms with E-state index in [2.05, 4.69) is 15.3 Å². The van der Waals surface area contributed by atoms with Crippen molar-refractivity contribution in [3.8, 4) is 11.5 Å². The van der Waals surface area contributed by atoms with Crippen molar-refractivity contribution < 1.29 is 13.9 Å². The van der Waals surface area contributed by atoms with Crippen molar-refractivity contribution in [3.63, 3.8) is 0 Å². The molecule has 0 amide bonds. The molecule has 3 aromatic heterocycles. The van der Waals surface area contributed by atoms with Gasteiger partial charge in [0.05, 0.1) is 35.5 Å². The average Bonchev–Trinajstić information content (AvgIpc) is 2.85. The number of aromatic nitrogens is 3. The summed E-state index contributed by atoms with van der Waals surface area (Å²) in [5, 5.41) is 3.61. The van der Waals surface area contributed by atoms with E-state index in [1.54, 1.807) is 24.9 Å². The minimum atomic E-state index is -0.543. The van der Waals surface area contributed by atoms with Gasteiger partial charge in [0.15, 0.2) is 11.6 Å². The summed E-state index contributed by atoms with van der Waals surface area (Å²) in [7, 11) is 1.61. The molecule has 9 heteroatoms. The van der Waals surface area contributed by atoms with Gasteiger partial charge in [-0.1, -0.05) is 0 Å². The van der Waals surface area contributed by atoms with Gasteiger partial charge in [0.1, 0.15) is 11.3 Å². The van der Waals surface area contributed by atoms with Crippen LogP contribution in [-0.4, -0.2) is 39.5 Å². The van der Waals surface area contributed by atoms with E-state index in [4.69, 9.17) is 9.47 Å². The molecule has 0 radical (unpaired) electrons. The van der Waals surface area contributed by atoms with Crippen LogP contribution in [0, 0.1) is 11.7 Å². The number of hydrogen-bond acceptors (Lipinski definition) is 7. The van der Waals surface area contributed by atoms with Gasteiger partial charge in [-0.2, -0.15) is 0 Å². The summed E-state index contributed by atoms with van der Waals surface area (Å²) in [6.07, 6.45) is 7.12. The van der Waals surface area contributed by atoms with Crippen LogP contribution in [0.15, 0.2) is 40.3 Å². The summed E-state index contributed by atoms with van der Waals surface area (Å²) >= 11 is 1.79. The lowest BCUT2D eigenvalue weighted by Crippen LogP contribution is -2.34. The average molecular weight is 471 g/mol. The highest BCUT2D eigenvalue weighted by Crippen LogP contribution is 2.33. The van der Waals surface area contributed by atoms with Crippen LogP contribution >= 0.6 is 11.8 Å². The predicted molar refractivity (Wildman–Crippen MR) is 125 cm³/mol. The maximum Gasteiger partial charge on any atom is 0.250 e. The second kappa shape index (κ2) is 9.69. The molecule has 0 bridgehead atoms. The molecule has 1 N–H and O–H groups in total. The topological polar surface area (TPSA) is 78.3 Å². The first-order chi connectivity index (χ1) is 16.1. The van der Waals surface area contributed by atoms with Crippen molar-refractivity contribution in [2.75, 3.05) is 19.0 Å². The number of hydrogen-bond donors (Lipinski definition) is 1. The van der Waals surface area contributed by atoms with E-state index in [1.807, 2.05) is 12.3 Å². The van der Waals surface area contributed by atoms with Crippen LogP contribution in [0.2, 0.25) is 0 Å². The molecule has 7 nitrogen and oxygen atoms in total. The lowest BCUT2D eigenvalue weighted by atomic mass is 9.86. The van der Waals surface area contributed by atoms with E-state index in [0.717, 1.165) is 67.1 Å². The maximum atomic E-state index is 14.5. The van der Waals surface area contributed by atoms with Crippen molar-refractivity contribution in [2.24, 2.45) is 13.0 Å². The third kappa shape index (κ3) is 4.84. The Bertz CT molecular complexity index is 1210. The zero-order chi connectivity index (χ0) is 22.8. The maximum absolute atomic E-state index is 14.5. The fourth-order valence-electron chi connectivity index (χ4n) is 4.50. The molecule has 1 aliphatic carbocycles. The Morgan fingerprint density at radius 3 is 2.94 bits per heavy atom. The molecule has 174 valence electrons. The molecule has 1 saturated carbocycles. The Morgan fingerprint density at radius 2 is 2.09 bits per heavy atom. The Hall–Kier alpha value is -2.65. The Balaban J connectivity index is 1.15. The first kappa shape index (κ1) is 22.2. The van der Waals surface area contributed by atoms with Gasteiger partial charge in [-0.3, -0.25) is 14.8 Å². The van der Waals surface area contributed by atoms with Crippen LogP contribution in [0.5, 0.6) is 11.5 Å². The highest BCUT2D eigenvalue weighted by Gasteiger charge is 2.23. The van der Waals surface area contributed by atoms with Crippen LogP contribution in [-0.2, 0) is 13.6 Å². The van der Waals surface area contributed by atoms with Crippen molar-refractivity contribution >= 4 is 22.8 Å². The van der Waals surface area contributed by atoms with Gasteiger partial charge >= 0.3 is 0 Å². The molecule has 1 fully saturated rings. The predicted octanol–water partition coefficient (Wildman–Crippen LogP) is 3.68.